The van der Waals surface area contributed by atoms with Gasteiger partial charge < -0.3 is 10.6 Å². The molecule has 1 aromatic rings. The molecule has 0 fully saturated rings. The molecule has 6 heteroatoms. The number of hydrogen-bond acceptors (Lipinski definition) is 3. The first-order valence-corrected chi connectivity index (χ1v) is 11.0. The van der Waals surface area contributed by atoms with Crippen molar-refractivity contribution < 1.29 is 4.21 Å². The maximum Gasteiger partial charge on any atom is 0.191 e. The highest BCUT2D eigenvalue weighted by molar-refractivity contribution is 7.98. The molecular formula is C17H29N3OS2. The van der Waals surface area contributed by atoms with Gasteiger partial charge in [0, 0.05) is 41.9 Å². The van der Waals surface area contributed by atoms with Crippen molar-refractivity contribution in [3.05, 3.63) is 35.9 Å². The second-order valence-corrected chi connectivity index (χ2v) is 7.72. The van der Waals surface area contributed by atoms with Crippen molar-refractivity contribution in [1.82, 2.24) is 10.6 Å². The van der Waals surface area contributed by atoms with E-state index in [0.717, 1.165) is 31.0 Å². The lowest BCUT2D eigenvalue weighted by atomic mass is 10.2. The van der Waals surface area contributed by atoms with Gasteiger partial charge >= 0.3 is 0 Å². The number of benzene rings is 1. The molecule has 0 aliphatic rings. The summed E-state index contributed by atoms with van der Waals surface area (Å²) in [6.45, 7) is 4.40. The minimum atomic E-state index is -0.849. The van der Waals surface area contributed by atoms with Gasteiger partial charge in [-0.2, -0.15) is 11.8 Å². The Morgan fingerprint density at radius 2 is 2.00 bits per heavy atom. The van der Waals surface area contributed by atoms with Crippen molar-refractivity contribution in [2.24, 2.45) is 4.99 Å². The van der Waals surface area contributed by atoms with E-state index in [1.54, 1.807) is 0 Å². The van der Waals surface area contributed by atoms with Crippen LogP contribution >= 0.6 is 11.8 Å². The first-order valence-electron chi connectivity index (χ1n) is 8.16. The molecule has 4 nitrogen and oxygen atoms in total. The zero-order valence-corrected chi connectivity index (χ0v) is 15.8. The van der Waals surface area contributed by atoms with E-state index in [0.29, 0.717) is 18.1 Å². The van der Waals surface area contributed by atoms with Crippen molar-refractivity contribution >= 4 is 28.5 Å². The highest BCUT2D eigenvalue weighted by Crippen LogP contribution is 2.02. The van der Waals surface area contributed by atoms with Crippen LogP contribution in [0.1, 0.15) is 25.3 Å². The topological polar surface area (TPSA) is 53.5 Å². The van der Waals surface area contributed by atoms with E-state index in [4.69, 9.17) is 0 Å². The first-order chi connectivity index (χ1) is 11.3. The third-order valence-electron chi connectivity index (χ3n) is 3.16. The minimum absolute atomic E-state index is 0.616. The van der Waals surface area contributed by atoms with E-state index in [9.17, 15) is 4.21 Å². The van der Waals surface area contributed by atoms with Crippen molar-refractivity contribution in [2.75, 3.05) is 37.4 Å². The largest absolute Gasteiger partial charge is 0.357 e. The normalized spacial score (nSPS) is 12.9. The molecule has 0 spiro atoms. The van der Waals surface area contributed by atoms with Gasteiger partial charge in [0.2, 0.25) is 0 Å². The van der Waals surface area contributed by atoms with Crippen LogP contribution in [0, 0.1) is 0 Å². The fraction of sp³-hybridized carbons (Fsp3) is 0.588. The summed E-state index contributed by atoms with van der Waals surface area (Å²) in [5, 5.41) is 6.50. The Morgan fingerprint density at radius 1 is 1.22 bits per heavy atom. The monoisotopic (exact) mass is 355 g/mol. The second-order valence-electron chi connectivity index (χ2n) is 5.16. The molecule has 23 heavy (non-hydrogen) atoms. The molecular weight excluding hydrogens is 326 g/mol. The Hall–Kier alpha value is -1.01. The number of hydrogen-bond donors (Lipinski definition) is 2. The average molecular weight is 356 g/mol. The molecule has 0 aliphatic carbocycles. The zero-order valence-electron chi connectivity index (χ0n) is 14.2. The summed E-state index contributed by atoms with van der Waals surface area (Å²) in [6, 6.07) is 9.98. The van der Waals surface area contributed by atoms with Crippen LogP contribution in [0.2, 0.25) is 0 Å². The molecule has 0 radical (unpaired) electrons. The van der Waals surface area contributed by atoms with Gasteiger partial charge in [-0.15, -0.1) is 0 Å². The smallest absolute Gasteiger partial charge is 0.191 e. The Morgan fingerprint density at radius 3 is 2.70 bits per heavy atom. The zero-order chi connectivity index (χ0) is 16.8. The number of nitrogens with one attached hydrogen (secondary N) is 2. The number of unbranched alkanes of at least 4 members (excludes halogenated alkanes) is 1. The summed E-state index contributed by atoms with van der Waals surface area (Å²) >= 11 is 1.87. The maximum absolute atomic E-state index is 12.1. The van der Waals surface area contributed by atoms with Crippen LogP contribution < -0.4 is 10.6 Å². The molecule has 0 saturated carbocycles. The van der Waals surface area contributed by atoms with Gasteiger partial charge in [-0.25, -0.2) is 0 Å². The van der Waals surface area contributed by atoms with Crippen molar-refractivity contribution in [3.8, 4) is 0 Å². The summed E-state index contributed by atoms with van der Waals surface area (Å²) in [7, 11) is -0.849. The molecule has 0 saturated heterocycles. The Labute approximate surface area is 147 Å². The maximum atomic E-state index is 12.1. The van der Waals surface area contributed by atoms with E-state index in [1.165, 1.54) is 12.2 Å². The number of rotatable bonds is 11. The number of guanidine groups is 1. The fourth-order valence-corrected chi connectivity index (χ4v) is 3.54. The summed E-state index contributed by atoms with van der Waals surface area (Å²) in [5.74, 6) is 3.27. The molecule has 0 amide bonds. The third kappa shape index (κ3) is 10.4. The Balaban J connectivity index is 2.25. The van der Waals surface area contributed by atoms with Crippen LogP contribution in [0.4, 0.5) is 0 Å². The predicted molar refractivity (Wildman–Crippen MR) is 105 cm³/mol. The number of aliphatic imine (C=N–C) groups is 1. The molecule has 0 aliphatic heterocycles. The summed E-state index contributed by atoms with van der Waals surface area (Å²) in [6.07, 6.45) is 4.44. The van der Waals surface area contributed by atoms with Gasteiger partial charge in [-0.1, -0.05) is 30.3 Å². The number of nitrogens with zero attached hydrogens (tertiary/aromatic N) is 1. The van der Waals surface area contributed by atoms with E-state index in [2.05, 4.69) is 28.8 Å². The summed E-state index contributed by atoms with van der Waals surface area (Å²) in [5.41, 5.74) is 1.13. The van der Waals surface area contributed by atoms with Crippen molar-refractivity contribution in [1.29, 1.82) is 0 Å². The van der Waals surface area contributed by atoms with E-state index in [-0.39, 0.29) is 0 Å². The van der Waals surface area contributed by atoms with Crippen LogP contribution in [0.15, 0.2) is 35.3 Å². The lowest BCUT2D eigenvalue weighted by molar-refractivity contribution is 0.680. The number of thioether (sulfide) groups is 1. The second kappa shape index (κ2) is 13.4. The minimum Gasteiger partial charge on any atom is -0.357 e. The lowest BCUT2D eigenvalue weighted by Crippen LogP contribution is -2.39. The molecule has 1 aromatic carbocycles. The van der Waals surface area contributed by atoms with Gasteiger partial charge in [0.1, 0.15) is 0 Å². The van der Waals surface area contributed by atoms with Crippen LogP contribution in [-0.2, 0) is 16.6 Å². The molecule has 0 heterocycles. The molecule has 1 rings (SSSR count). The molecule has 1 atom stereocenters. The Bertz CT molecular complexity index is 466. The molecule has 2 N–H and O–H groups in total. The van der Waals surface area contributed by atoms with Gasteiger partial charge in [0.15, 0.2) is 5.96 Å². The Kier molecular flexibility index (Phi) is 11.7. The lowest BCUT2D eigenvalue weighted by Gasteiger charge is -2.11. The SMILES string of the molecule is CCNC(=NCCCCSC)NCCS(=O)Cc1ccccc1. The van der Waals surface area contributed by atoms with Gasteiger partial charge in [0.05, 0.1) is 0 Å². The van der Waals surface area contributed by atoms with Gasteiger partial charge in [-0.05, 0) is 37.3 Å². The molecule has 0 bridgehead atoms. The molecule has 1 unspecified atom stereocenters. The standard InChI is InChI=1S/C17H29N3OS2/c1-3-18-17(19-11-7-8-13-22-2)20-12-14-23(21)15-16-9-5-4-6-10-16/h4-6,9-10H,3,7-8,11-15H2,1-2H3,(H2,18,19,20). The highest BCUT2D eigenvalue weighted by Gasteiger charge is 2.03. The van der Waals surface area contributed by atoms with E-state index in [1.807, 2.05) is 42.1 Å². The van der Waals surface area contributed by atoms with Crippen LogP contribution in [-0.4, -0.2) is 47.6 Å². The van der Waals surface area contributed by atoms with Crippen molar-refractivity contribution in [3.63, 3.8) is 0 Å². The molecule has 130 valence electrons. The van der Waals surface area contributed by atoms with E-state index >= 15 is 0 Å². The average Bonchev–Trinajstić information content (AvgIpc) is 2.55. The summed E-state index contributed by atoms with van der Waals surface area (Å²) < 4.78 is 12.1. The van der Waals surface area contributed by atoms with Gasteiger partial charge in [0.25, 0.3) is 0 Å². The first kappa shape index (κ1) is 20.0. The van der Waals surface area contributed by atoms with Crippen LogP contribution in [0.5, 0.6) is 0 Å². The third-order valence-corrected chi connectivity index (χ3v) is 5.18. The fourth-order valence-electron chi connectivity index (χ4n) is 2.01. The van der Waals surface area contributed by atoms with Crippen molar-refractivity contribution in [2.45, 2.75) is 25.5 Å². The van der Waals surface area contributed by atoms with Gasteiger partial charge in [-0.3, -0.25) is 9.20 Å². The summed E-state index contributed by atoms with van der Waals surface area (Å²) in [4.78, 5) is 4.55. The highest BCUT2D eigenvalue weighted by atomic mass is 32.2. The van der Waals surface area contributed by atoms with E-state index < -0.39 is 10.8 Å². The van der Waals surface area contributed by atoms with Crippen LogP contribution in [0.3, 0.4) is 0 Å². The predicted octanol–water partition coefficient (Wildman–Crippen LogP) is 2.63. The van der Waals surface area contributed by atoms with Crippen LogP contribution in [0.25, 0.3) is 0 Å². The molecule has 0 aromatic heterocycles. The quantitative estimate of drug-likeness (QED) is 0.364.